The monoisotopic (exact) mass is 198 g/mol. The molecule has 0 bridgehead atoms. The van der Waals surface area contributed by atoms with Gasteiger partial charge in [0.1, 0.15) is 5.01 Å². The lowest BCUT2D eigenvalue weighted by atomic mass is 10.6. The summed E-state index contributed by atoms with van der Waals surface area (Å²) in [6.45, 7) is 2.00. The number of hydrogen-bond acceptors (Lipinski definition) is 4. The number of thiazole rings is 1. The van der Waals surface area contributed by atoms with Gasteiger partial charge in [-0.15, -0.1) is 11.3 Å². The summed E-state index contributed by atoms with van der Waals surface area (Å²) < 4.78 is 0. The van der Waals surface area contributed by atoms with Crippen molar-refractivity contribution in [2.24, 2.45) is 0 Å². The molecule has 0 N–H and O–H groups in total. The van der Waals surface area contributed by atoms with Crippen molar-refractivity contribution >= 4 is 23.1 Å². The first-order chi connectivity index (χ1) is 5.83. The van der Waals surface area contributed by atoms with Crippen molar-refractivity contribution in [3.8, 4) is 6.07 Å². The van der Waals surface area contributed by atoms with Gasteiger partial charge < -0.3 is 0 Å². The summed E-state index contributed by atoms with van der Waals surface area (Å²) >= 11 is 3.46. The molecule has 0 radical (unpaired) electrons. The average molecular weight is 198 g/mol. The van der Waals surface area contributed by atoms with Crippen LogP contribution < -0.4 is 0 Å². The third kappa shape index (κ3) is 3.24. The van der Waals surface area contributed by atoms with Gasteiger partial charge in [0, 0.05) is 29.0 Å². The Labute approximate surface area is 80.6 Å². The van der Waals surface area contributed by atoms with Gasteiger partial charge in [-0.25, -0.2) is 4.98 Å². The topological polar surface area (TPSA) is 36.7 Å². The molecular formula is C8H10N2S2. The second-order valence-corrected chi connectivity index (χ2v) is 4.39. The molecule has 0 saturated carbocycles. The summed E-state index contributed by atoms with van der Waals surface area (Å²) in [6, 6.07) is 2.12. The van der Waals surface area contributed by atoms with Crippen LogP contribution in [0.15, 0.2) is 5.38 Å². The summed E-state index contributed by atoms with van der Waals surface area (Å²) in [4.78, 5) is 4.32. The maximum absolute atomic E-state index is 8.29. The van der Waals surface area contributed by atoms with Gasteiger partial charge in [-0.1, -0.05) is 0 Å². The summed E-state index contributed by atoms with van der Waals surface area (Å²) in [5.41, 5.74) is 1.09. The first-order valence-electron chi connectivity index (χ1n) is 3.68. The fraction of sp³-hybridized carbons (Fsp3) is 0.500. The molecule has 0 aliphatic carbocycles. The van der Waals surface area contributed by atoms with Gasteiger partial charge >= 0.3 is 0 Å². The lowest BCUT2D eigenvalue weighted by Crippen LogP contribution is -1.81. The molecule has 0 aliphatic rings. The van der Waals surface area contributed by atoms with E-state index in [9.17, 15) is 0 Å². The first-order valence-corrected chi connectivity index (χ1v) is 5.72. The molecule has 0 unspecified atom stereocenters. The number of aryl methyl sites for hydroxylation is 1. The Kier molecular flexibility index (Phi) is 4.12. The smallest absolute Gasteiger partial charge is 0.103 e. The van der Waals surface area contributed by atoms with Crippen LogP contribution in [0.3, 0.4) is 0 Å². The van der Waals surface area contributed by atoms with E-state index in [1.54, 1.807) is 23.1 Å². The minimum atomic E-state index is 0.634. The third-order valence-corrected chi connectivity index (χ3v) is 3.37. The van der Waals surface area contributed by atoms with Crippen molar-refractivity contribution < 1.29 is 0 Å². The predicted molar refractivity (Wildman–Crippen MR) is 53.2 cm³/mol. The van der Waals surface area contributed by atoms with E-state index in [0.717, 1.165) is 22.2 Å². The standard InChI is InChI=1S/C8H10N2S2/c1-7-5-12-8(10-7)6-11-4-2-3-9/h5H,2,4,6H2,1H3. The van der Waals surface area contributed by atoms with Crippen LogP contribution in [0, 0.1) is 18.3 Å². The molecule has 0 fully saturated rings. The Morgan fingerprint density at radius 1 is 1.75 bits per heavy atom. The van der Waals surface area contributed by atoms with Gasteiger partial charge in [-0.3, -0.25) is 0 Å². The molecule has 0 amide bonds. The van der Waals surface area contributed by atoms with Crippen LogP contribution in [0.25, 0.3) is 0 Å². The van der Waals surface area contributed by atoms with Gasteiger partial charge in [0.15, 0.2) is 0 Å². The van der Waals surface area contributed by atoms with Gasteiger partial charge in [-0.05, 0) is 6.92 Å². The minimum absolute atomic E-state index is 0.634. The van der Waals surface area contributed by atoms with E-state index in [4.69, 9.17) is 5.26 Å². The van der Waals surface area contributed by atoms with Crippen LogP contribution in [-0.2, 0) is 5.75 Å². The van der Waals surface area contributed by atoms with Crippen LogP contribution in [0.5, 0.6) is 0 Å². The molecule has 2 nitrogen and oxygen atoms in total. The van der Waals surface area contributed by atoms with Crippen molar-refractivity contribution in [2.45, 2.75) is 19.1 Å². The molecule has 4 heteroatoms. The number of rotatable bonds is 4. The highest BCUT2D eigenvalue weighted by molar-refractivity contribution is 7.98. The molecule has 12 heavy (non-hydrogen) atoms. The molecule has 0 aromatic carbocycles. The molecule has 1 aromatic heterocycles. The average Bonchev–Trinajstić information content (AvgIpc) is 2.45. The highest BCUT2D eigenvalue weighted by atomic mass is 32.2. The van der Waals surface area contributed by atoms with Crippen molar-refractivity contribution in [3.05, 3.63) is 16.1 Å². The molecule has 0 spiro atoms. The Hall–Kier alpha value is -0.530. The van der Waals surface area contributed by atoms with Gasteiger partial charge in [0.2, 0.25) is 0 Å². The van der Waals surface area contributed by atoms with Gasteiger partial charge in [0.25, 0.3) is 0 Å². The van der Waals surface area contributed by atoms with Crippen LogP contribution in [-0.4, -0.2) is 10.7 Å². The normalized spacial score (nSPS) is 9.67. The molecule has 1 aromatic rings. The number of thioether (sulfide) groups is 1. The van der Waals surface area contributed by atoms with E-state index >= 15 is 0 Å². The number of nitrogens with zero attached hydrogens (tertiary/aromatic N) is 2. The number of aromatic nitrogens is 1. The zero-order valence-electron chi connectivity index (χ0n) is 6.91. The molecule has 0 saturated heterocycles. The molecule has 1 heterocycles. The lowest BCUT2D eigenvalue weighted by Gasteiger charge is -1.92. The highest BCUT2D eigenvalue weighted by Gasteiger charge is 1.97. The van der Waals surface area contributed by atoms with Crippen LogP contribution in [0.4, 0.5) is 0 Å². The van der Waals surface area contributed by atoms with Gasteiger partial charge in [-0.2, -0.15) is 17.0 Å². The van der Waals surface area contributed by atoms with E-state index < -0.39 is 0 Å². The second kappa shape index (κ2) is 5.18. The molecule has 0 aliphatic heterocycles. The Morgan fingerprint density at radius 3 is 3.17 bits per heavy atom. The Bertz CT molecular complexity index is 275. The molecule has 64 valence electrons. The van der Waals surface area contributed by atoms with Gasteiger partial charge in [0.05, 0.1) is 6.07 Å². The summed E-state index contributed by atoms with van der Waals surface area (Å²) in [5.74, 6) is 1.86. The van der Waals surface area contributed by atoms with E-state index in [-0.39, 0.29) is 0 Å². The van der Waals surface area contributed by atoms with Crippen molar-refractivity contribution in [1.82, 2.24) is 4.98 Å². The van der Waals surface area contributed by atoms with E-state index in [1.165, 1.54) is 0 Å². The third-order valence-electron chi connectivity index (χ3n) is 1.25. The largest absolute Gasteiger partial charge is 0.246 e. The van der Waals surface area contributed by atoms with Crippen LogP contribution >= 0.6 is 23.1 Å². The zero-order chi connectivity index (χ0) is 8.81. The fourth-order valence-electron chi connectivity index (χ4n) is 0.746. The fourth-order valence-corrected chi connectivity index (χ4v) is 2.44. The maximum atomic E-state index is 8.29. The second-order valence-electron chi connectivity index (χ2n) is 2.34. The summed E-state index contributed by atoms with van der Waals surface area (Å²) in [7, 11) is 0. The van der Waals surface area contributed by atoms with E-state index in [2.05, 4.69) is 16.4 Å². The Balaban J connectivity index is 2.21. The zero-order valence-corrected chi connectivity index (χ0v) is 8.54. The lowest BCUT2D eigenvalue weighted by molar-refractivity contribution is 1.18. The Morgan fingerprint density at radius 2 is 2.58 bits per heavy atom. The molecular weight excluding hydrogens is 188 g/mol. The maximum Gasteiger partial charge on any atom is 0.103 e. The summed E-state index contributed by atoms with van der Waals surface area (Å²) in [6.07, 6.45) is 0.634. The first kappa shape index (κ1) is 9.56. The predicted octanol–water partition coefficient (Wildman–Crippen LogP) is 2.60. The van der Waals surface area contributed by atoms with Crippen molar-refractivity contribution in [3.63, 3.8) is 0 Å². The van der Waals surface area contributed by atoms with E-state index in [0.29, 0.717) is 6.42 Å². The molecule has 1 rings (SSSR count). The number of nitriles is 1. The van der Waals surface area contributed by atoms with Crippen LogP contribution in [0.2, 0.25) is 0 Å². The molecule has 0 atom stereocenters. The highest BCUT2D eigenvalue weighted by Crippen LogP contribution is 2.16. The van der Waals surface area contributed by atoms with E-state index in [1.807, 2.05) is 6.92 Å². The van der Waals surface area contributed by atoms with Crippen molar-refractivity contribution in [2.75, 3.05) is 5.75 Å². The van der Waals surface area contributed by atoms with Crippen molar-refractivity contribution in [1.29, 1.82) is 5.26 Å². The number of hydrogen-bond donors (Lipinski definition) is 0. The quantitative estimate of drug-likeness (QED) is 0.698. The SMILES string of the molecule is Cc1csc(CSCCC#N)n1. The summed E-state index contributed by atoms with van der Waals surface area (Å²) in [5, 5.41) is 11.5. The van der Waals surface area contributed by atoms with Crippen LogP contribution in [0.1, 0.15) is 17.1 Å². The minimum Gasteiger partial charge on any atom is -0.246 e.